The maximum absolute atomic E-state index is 11.2. The average Bonchev–Trinajstić information content (AvgIpc) is 1.84. The van der Waals surface area contributed by atoms with Crippen LogP contribution in [0.2, 0.25) is 0 Å². The van der Waals surface area contributed by atoms with Crippen molar-refractivity contribution in [1.29, 1.82) is 0 Å². The molecule has 0 aromatic heterocycles. The van der Waals surface area contributed by atoms with Crippen LogP contribution in [0.5, 0.6) is 0 Å². The van der Waals surface area contributed by atoms with Crippen LogP contribution < -0.4 is 0 Å². The Hall–Kier alpha value is -0.490. The van der Waals surface area contributed by atoms with E-state index in [4.69, 9.17) is 0 Å². The van der Waals surface area contributed by atoms with E-state index in [1.54, 1.807) is 0 Å². The van der Waals surface area contributed by atoms with Crippen LogP contribution in [0.25, 0.3) is 0 Å². The number of halogens is 7. The van der Waals surface area contributed by atoms with Gasteiger partial charge in [-0.25, -0.2) is 4.39 Å². The molecule has 0 aliphatic carbocycles. The molecule has 0 amide bonds. The summed E-state index contributed by atoms with van der Waals surface area (Å²) in [5.41, 5.74) is 0. The first-order valence-corrected chi connectivity index (χ1v) is 3.34. The van der Waals surface area contributed by atoms with Crippen LogP contribution in [0.3, 0.4) is 0 Å². The van der Waals surface area contributed by atoms with Gasteiger partial charge in [-0.05, 0) is 0 Å². The van der Waals surface area contributed by atoms with Crippen molar-refractivity contribution in [2.24, 2.45) is 0 Å². The summed E-state index contributed by atoms with van der Waals surface area (Å²) >= 11 is 0. The summed E-state index contributed by atoms with van der Waals surface area (Å²) in [6.45, 7) is 4.25. The van der Waals surface area contributed by atoms with Crippen LogP contribution in [0, 0.1) is 0 Å². The molecule has 0 aromatic carbocycles. The summed E-state index contributed by atoms with van der Waals surface area (Å²) < 4.78 is 76.3. The molecular weight excluding hydrogens is 205 g/mol. The molecule has 0 atom stereocenters. The predicted molar refractivity (Wildman–Crippen MR) is 33.0 cm³/mol. The first-order chi connectivity index (χ1) is 5.57. The first kappa shape index (κ1) is 15.0. The topological polar surface area (TPSA) is 0 Å². The normalized spacial score (nSPS) is 12.5. The third kappa shape index (κ3) is 7.86. The second kappa shape index (κ2) is 5.29. The molecule has 0 N–H and O–H groups in total. The highest BCUT2D eigenvalue weighted by Gasteiger charge is 2.57. The van der Waals surface area contributed by atoms with E-state index in [9.17, 15) is 30.7 Å². The molecule has 0 radical (unpaired) electrons. The monoisotopic (exact) mass is 214 g/mol. The second-order valence-corrected chi connectivity index (χ2v) is 2.15. The zero-order chi connectivity index (χ0) is 11.3. The molecule has 0 fully saturated rings. The Morgan fingerprint density at radius 1 is 0.846 bits per heavy atom. The lowest BCUT2D eigenvalue weighted by molar-refractivity contribution is -0.285. The van der Waals surface area contributed by atoms with Gasteiger partial charge in [0.05, 0.1) is 0 Å². The molecule has 13 heavy (non-hydrogen) atoms. The third-order valence-corrected chi connectivity index (χ3v) is 0.575. The summed E-state index contributed by atoms with van der Waals surface area (Å²) in [5.74, 6) is 0. The zero-order valence-electron chi connectivity index (χ0n) is 6.93. The number of alkyl halides is 7. The smallest absolute Gasteiger partial charge is 0.227 e. The van der Waals surface area contributed by atoms with Gasteiger partial charge in [-0.15, -0.1) is 0 Å². The number of hydrogen-bond acceptors (Lipinski definition) is 0. The predicted octanol–water partition coefficient (Wildman–Crippen LogP) is 3.87. The van der Waals surface area contributed by atoms with Gasteiger partial charge in [0.25, 0.3) is 6.17 Å². The van der Waals surface area contributed by atoms with E-state index in [1.807, 2.05) is 0 Å². The van der Waals surface area contributed by atoms with Crippen molar-refractivity contribution in [3.8, 4) is 0 Å². The van der Waals surface area contributed by atoms with Crippen molar-refractivity contribution in [1.82, 2.24) is 0 Å². The van der Waals surface area contributed by atoms with Crippen molar-refractivity contribution in [2.45, 2.75) is 38.8 Å². The molecule has 0 unspecified atom stereocenters. The van der Waals surface area contributed by atoms with Gasteiger partial charge in [-0.2, -0.15) is 26.3 Å². The van der Waals surface area contributed by atoms with E-state index in [0.29, 0.717) is 0 Å². The van der Waals surface area contributed by atoms with Crippen LogP contribution >= 0.6 is 0 Å². The average molecular weight is 214 g/mol. The largest absolute Gasteiger partial charge is 0.428 e. The molecule has 0 aliphatic rings. The molecule has 7 heteroatoms. The number of rotatable bonds is 0. The summed E-state index contributed by atoms with van der Waals surface area (Å²) in [7, 11) is 0. The van der Waals surface area contributed by atoms with Gasteiger partial charge in [-0.1, -0.05) is 20.3 Å². The molecule has 82 valence electrons. The van der Waals surface area contributed by atoms with Crippen LogP contribution in [0.1, 0.15) is 20.3 Å². The van der Waals surface area contributed by atoms with E-state index in [2.05, 4.69) is 13.8 Å². The van der Waals surface area contributed by atoms with Gasteiger partial charge < -0.3 is 0 Å². The summed E-state index contributed by atoms with van der Waals surface area (Å²) in [6, 6.07) is 0. The Labute approximate surface area is 70.7 Å². The van der Waals surface area contributed by atoms with Crippen molar-refractivity contribution in [3.05, 3.63) is 0 Å². The molecule has 0 nitrogen and oxygen atoms in total. The molecule has 0 aliphatic heterocycles. The van der Waals surface area contributed by atoms with E-state index >= 15 is 0 Å². The summed E-state index contributed by atoms with van der Waals surface area (Å²) in [5, 5.41) is 0. The maximum atomic E-state index is 11.2. The highest BCUT2D eigenvalue weighted by molar-refractivity contribution is 4.73. The first-order valence-electron chi connectivity index (χ1n) is 3.34. The second-order valence-electron chi connectivity index (χ2n) is 2.15. The SMILES string of the molecule is CCC.FC(C(F)(F)F)C(F)(F)F. The number of hydrogen-bond donors (Lipinski definition) is 0. The summed E-state index contributed by atoms with van der Waals surface area (Å²) in [6.07, 6.45) is -15.2. The van der Waals surface area contributed by atoms with E-state index in [1.165, 1.54) is 6.42 Å². The van der Waals surface area contributed by atoms with Crippen LogP contribution in [0.15, 0.2) is 0 Å². The highest BCUT2D eigenvalue weighted by atomic mass is 19.4. The molecule has 0 saturated heterocycles. The van der Waals surface area contributed by atoms with Crippen molar-refractivity contribution < 1.29 is 30.7 Å². The van der Waals surface area contributed by atoms with Gasteiger partial charge in [0.15, 0.2) is 0 Å². The fourth-order valence-corrected chi connectivity index (χ4v) is 0.186. The standard InChI is InChI=1S/C3HF7.C3H8/c4-1(2(5,6)7)3(8,9)10;1-3-2/h1H;3H2,1-2H3. The van der Waals surface area contributed by atoms with Crippen LogP contribution in [-0.2, 0) is 0 Å². The Morgan fingerprint density at radius 3 is 1.00 bits per heavy atom. The Kier molecular flexibility index (Phi) is 6.10. The van der Waals surface area contributed by atoms with Gasteiger partial charge in [0, 0.05) is 0 Å². The Morgan fingerprint density at radius 2 is 1.00 bits per heavy atom. The fourth-order valence-electron chi connectivity index (χ4n) is 0.186. The molecule has 0 heterocycles. The van der Waals surface area contributed by atoms with E-state index in [-0.39, 0.29) is 0 Å². The lowest BCUT2D eigenvalue weighted by Crippen LogP contribution is -2.38. The lowest BCUT2D eigenvalue weighted by atomic mass is 10.4. The van der Waals surface area contributed by atoms with Crippen molar-refractivity contribution in [3.63, 3.8) is 0 Å². The zero-order valence-corrected chi connectivity index (χ0v) is 6.93. The lowest BCUT2D eigenvalue weighted by Gasteiger charge is -2.14. The fraction of sp³-hybridized carbons (Fsp3) is 1.00. The molecule has 0 saturated carbocycles. The van der Waals surface area contributed by atoms with Gasteiger partial charge in [-0.3, -0.25) is 0 Å². The molecule has 0 bridgehead atoms. The van der Waals surface area contributed by atoms with Crippen molar-refractivity contribution in [2.75, 3.05) is 0 Å². The van der Waals surface area contributed by atoms with E-state index in [0.717, 1.165) is 0 Å². The Balaban J connectivity index is 0. The van der Waals surface area contributed by atoms with E-state index < -0.39 is 18.5 Å². The third-order valence-electron chi connectivity index (χ3n) is 0.575. The van der Waals surface area contributed by atoms with Gasteiger partial charge in [0.1, 0.15) is 0 Å². The van der Waals surface area contributed by atoms with Crippen molar-refractivity contribution >= 4 is 0 Å². The van der Waals surface area contributed by atoms with Crippen LogP contribution in [0.4, 0.5) is 30.7 Å². The minimum atomic E-state index is -5.85. The summed E-state index contributed by atoms with van der Waals surface area (Å²) in [4.78, 5) is 0. The molecule has 0 rings (SSSR count). The Bertz CT molecular complexity index is 108. The maximum Gasteiger partial charge on any atom is 0.428 e. The van der Waals surface area contributed by atoms with Crippen LogP contribution in [-0.4, -0.2) is 18.5 Å². The molecular formula is C6H9F7. The highest BCUT2D eigenvalue weighted by Crippen LogP contribution is 2.35. The molecule has 0 aromatic rings. The molecule has 0 spiro atoms. The van der Waals surface area contributed by atoms with Gasteiger partial charge >= 0.3 is 12.4 Å². The minimum absolute atomic E-state index is 1.25. The quantitative estimate of drug-likeness (QED) is 0.537. The minimum Gasteiger partial charge on any atom is -0.227 e. The van der Waals surface area contributed by atoms with Gasteiger partial charge in [0.2, 0.25) is 0 Å².